The monoisotopic (exact) mass is 324 g/mol. The van der Waals surface area contributed by atoms with Crippen LogP contribution in [-0.4, -0.2) is 41.4 Å². The first-order valence-corrected chi connectivity index (χ1v) is 7.08. The number of nitrogens with zero attached hydrogens (tertiary/aromatic N) is 3. The molecule has 22 heavy (non-hydrogen) atoms. The van der Waals surface area contributed by atoms with Crippen LogP contribution in [0, 0.1) is 5.82 Å². The second-order valence-corrected chi connectivity index (χ2v) is 5.27. The number of anilines is 2. The van der Waals surface area contributed by atoms with Crippen molar-refractivity contribution in [2.24, 2.45) is 0 Å². The molecular weight excluding hydrogens is 311 g/mol. The van der Waals surface area contributed by atoms with Crippen LogP contribution >= 0.6 is 11.6 Å². The third-order valence-electron chi connectivity index (χ3n) is 3.34. The molecule has 0 amide bonds. The van der Waals surface area contributed by atoms with Gasteiger partial charge in [-0.25, -0.2) is 9.37 Å². The average Bonchev–Trinajstić information content (AvgIpc) is 2.51. The SMILES string of the molecule is Nc1cc(-c2cc(Cl)c(O)cc2F)nc(N2CCOCC2)n1. The van der Waals surface area contributed by atoms with E-state index in [1.54, 1.807) is 0 Å². The highest BCUT2D eigenvalue weighted by Gasteiger charge is 2.18. The van der Waals surface area contributed by atoms with Crippen molar-refractivity contribution >= 4 is 23.4 Å². The predicted molar refractivity (Wildman–Crippen MR) is 81.5 cm³/mol. The van der Waals surface area contributed by atoms with E-state index in [1.165, 1.54) is 12.1 Å². The van der Waals surface area contributed by atoms with Gasteiger partial charge >= 0.3 is 0 Å². The minimum absolute atomic E-state index is 0.0431. The van der Waals surface area contributed by atoms with Gasteiger partial charge in [0.15, 0.2) is 0 Å². The van der Waals surface area contributed by atoms with Crippen molar-refractivity contribution in [3.05, 3.63) is 29.0 Å². The van der Waals surface area contributed by atoms with Crippen LogP contribution in [-0.2, 0) is 4.74 Å². The summed E-state index contributed by atoms with van der Waals surface area (Å²) >= 11 is 5.85. The van der Waals surface area contributed by atoms with Gasteiger partial charge in [0.1, 0.15) is 17.4 Å². The summed E-state index contributed by atoms with van der Waals surface area (Å²) in [5, 5.41) is 9.48. The number of phenols is 1. The van der Waals surface area contributed by atoms with Crippen LogP contribution in [0.15, 0.2) is 18.2 Å². The summed E-state index contributed by atoms with van der Waals surface area (Å²) in [5.41, 5.74) is 6.28. The molecule has 0 bridgehead atoms. The van der Waals surface area contributed by atoms with Crippen molar-refractivity contribution in [3.8, 4) is 17.0 Å². The first-order chi connectivity index (χ1) is 10.5. The molecule has 0 atom stereocenters. The summed E-state index contributed by atoms with van der Waals surface area (Å²) in [6, 6.07) is 3.73. The standard InChI is InChI=1S/C14H14ClFN4O2/c15-9-5-8(10(16)6-12(9)21)11-7-13(17)19-14(18-11)20-1-3-22-4-2-20/h5-7,21H,1-4H2,(H2,17,18,19). The number of aromatic nitrogens is 2. The molecule has 116 valence electrons. The van der Waals surface area contributed by atoms with Crippen molar-refractivity contribution in [1.82, 2.24) is 9.97 Å². The quantitative estimate of drug-likeness (QED) is 0.879. The molecule has 1 aliphatic rings. The fourth-order valence-corrected chi connectivity index (χ4v) is 2.39. The van der Waals surface area contributed by atoms with Crippen LogP contribution in [0.4, 0.5) is 16.2 Å². The van der Waals surface area contributed by atoms with Crippen LogP contribution < -0.4 is 10.6 Å². The molecule has 0 saturated carbocycles. The molecule has 0 radical (unpaired) electrons. The number of hydrogen-bond acceptors (Lipinski definition) is 6. The Kier molecular flexibility index (Phi) is 4.00. The number of ether oxygens (including phenoxy) is 1. The average molecular weight is 325 g/mol. The highest BCUT2D eigenvalue weighted by molar-refractivity contribution is 6.32. The smallest absolute Gasteiger partial charge is 0.228 e. The third kappa shape index (κ3) is 2.90. The van der Waals surface area contributed by atoms with E-state index in [4.69, 9.17) is 22.1 Å². The Morgan fingerprint density at radius 2 is 1.95 bits per heavy atom. The molecule has 3 rings (SSSR count). The number of halogens is 2. The third-order valence-corrected chi connectivity index (χ3v) is 3.64. The number of rotatable bonds is 2. The van der Waals surface area contributed by atoms with E-state index in [1.807, 2.05) is 4.90 Å². The van der Waals surface area contributed by atoms with Gasteiger partial charge in [-0.1, -0.05) is 11.6 Å². The Morgan fingerprint density at radius 3 is 2.68 bits per heavy atom. The predicted octanol–water partition coefficient (Wildman–Crippen LogP) is 2.06. The topological polar surface area (TPSA) is 84.5 Å². The normalized spacial score (nSPS) is 15.1. The Labute approximate surface area is 131 Å². The molecule has 0 unspecified atom stereocenters. The molecule has 8 heteroatoms. The lowest BCUT2D eigenvalue weighted by molar-refractivity contribution is 0.122. The van der Waals surface area contributed by atoms with E-state index < -0.39 is 5.82 Å². The number of phenolic OH excluding ortho intramolecular Hbond substituents is 1. The summed E-state index contributed by atoms with van der Waals surface area (Å²) in [6.07, 6.45) is 0. The molecule has 1 saturated heterocycles. The maximum absolute atomic E-state index is 14.1. The zero-order valence-electron chi connectivity index (χ0n) is 11.6. The second-order valence-electron chi connectivity index (χ2n) is 4.86. The molecule has 1 fully saturated rings. The van der Waals surface area contributed by atoms with Crippen LogP contribution in [0.3, 0.4) is 0 Å². The number of hydrogen-bond donors (Lipinski definition) is 2. The minimum Gasteiger partial charge on any atom is -0.506 e. The zero-order chi connectivity index (χ0) is 15.7. The Morgan fingerprint density at radius 1 is 1.23 bits per heavy atom. The van der Waals surface area contributed by atoms with Crippen LogP contribution in [0.5, 0.6) is 5.75 Å². The summed E-state index contributed by atoms with van der Waals surface area (Å²) < 4.78 is 19.3. The van der Waals surface area contributed by atoms with Crippen molar-refractivity contribution < 1.29 is 14.2 Å². The van der Waals surface area contributed by atoms with Gasteiger partial charge in [-0.05, 0) is 6.07 Å². The van der Waals surface area contributed by atoms with Gasteiger partial charge in [0, 0.05) is 30.8 Å². The summed E-state index contributed by atoms with van der Waals surface area (Å²) in [4.78, 5) is 10.5. The Bertz CT molecular complexity index is 707. The molecule has 1 aliphatic heterocycles. The van der Waals surface area contributed by atoms with Crippen molar-refractivity contribution in [2.75, 3.05) is 36.9 Å². The van der Waals surface area contributed by atoms with Crippen LogP contribution in [0.1, 0.15) is 0 Å². The second kappa shape index (κ2) is 5.94. The van der Waals surface area contributed by atoms with Gasteiger partial charge in [0.05, 0.1) is 23.9 Å². The van der Waals surface area contributed by atoms with E-state index in [2.05, 4.69) is 9.97 Å². The van der Waals surface area contributed by atoms with Crippen LogP contribution in [0.2, 0.25) is 5.02 Å². The fourth-order valence-electron chi connectivity index (χ4n) is 2.23. The molecule has 2 aromatic rings. The lowest BCUT2D eigenvalue weighted by Crippen LogP contribution is -2.37. The van der Waals surface area contributed by atoms with Gasteiger partial charge in [-0.3, -0.25) is 0 Å². The minimum atomic E-state index is -0.632. The van der Waals surface area contributed by atoms with E-state index >= 15 is 0 Å². The molecule has 1 aromatic heterocycles. The first kappa shape index (κ1) is 14.8. The lowest BCUT2D eigenvalue weighted by Gasteiger charge is -2.27. The zero-order valence-corrected chi connectivity index (χ0v) is 12.3. The maximum Gasteiger partial charge on any atom is 0.228 e. The summed E-state index contributed by atoms with van der Waals surface area (Å²) in [7, 11) is 0. The fraction of sp³-hybridized carbons (Fsp3) is 0.286. The van der Waals surface area contributed by atoms with Crippen molar-refractivity contribution in [1.29, 1.82) is 0 Å². The largest absolute Gasteiger partial charge is 0.506 e. The molecule has 0 aliphatic carbocycles. The molecule has 2 heterocycles. The van der Waals surface area contributed by atoms with E-state index in [9.17, 15) is 9.50 Å². The molecule has 3 N–H and O–H groups in total. The van der Waals surface area contributed by atoms with Gasteiger partial charge < -0.3 is 20.5 Å². The maximum atomic E-state index is 14.1. The van der Waals surface area contributed by atoms with E-state index in [0.717, 1.165) is 6.07 Å². The number of aromatic hydroxyl groups is 1. The molecular formula is C14H14ClFN4O2. The van der Waals surface area contributed by atoms with Gasteiger partial charge in [0.25, 0.3) is 0 Å². The first-order valence-electron chi connectivity index (χ1n) is 6.70. The van der Waals surface area contributed by atoms with Gasteiger partial charge in [-0.2, -0.15) is 4.98 Å². The van der Waals surface area contributed by atoms with Gasteiger partial charge in [0.2, 0.25) is 5.95 Å². The number of nitrogen functional groups attached to an aromatic ring is 1. The lowest BCUT2D eigenvalue weighted by atomic mass is 10.1. The number of nitrogens with two attached hydrogens (primary N) is 1. The summed E-state index contributed by atoms with van der Waals surface area (Å²) in [6.45, 7) is 2.43. The number of morpholine rings is 1. The molecule has 1 aromatic carbocycles. The van der Waals surface area contributed by atoms with Crippen molar-refractivity contribution in [2.45, 2.75) is 0 Å². The van der Waals surface area contributed by atoms with Gasteiger partial charge in [-0.15, -0.1) is 0 Å². The summed E-state index contributed by atoms with van der Waals surface area (Å²) in [5.74, 6) is -0.303. The highest BCUT2D eigenvalue weighted by atomic mass is 35.5. The Balaban J connectivity index is 2.04. The van der Waals surface area contributed by atoms with E-state index in [-0.39, 0.29) is 22.2 Å². The molecule has 6 nitrogen and oxygen atoms in total. The Hall–Kier alpha value is -2.12. The van der Waals surface area contributed by atoms with Crippen LogP contribution in [0.25, 0.3) is 11.3 Å². The number of benzene rings is 1. The highest BCUT2D eigenvalue weighted by Crippen LogP contribution is 2.32. The van der Waals surface area contributed by atoms with Crippen molar-refractivity contribution in [3.63, 3.8) is 0 Å². The van der Waals surface area contributed by atoms with E-state index in [0.29, 0.717) is 37.9 Å². The molecule has 0 spiro atoms.